The van der Waals surface area contributed by atoms with Crippen molar-refractivity contribution in [2.24, 2.45) is 0 Å². The number of hydrogen-bond donors (Lipinski definition) is 1. The average Bonchev–Trinajstić information content (AvgIpc) is 3.00. The first-order chi connectivity index (χ1) is 12.5. The second-order valence-electron chi connectivity index (χ2n) is 8.71. The van der Waals surface area contributed by atoms with Crippen LogP contribution in [0, 0.1) is 0 Å². The van der Waals surface area contributed by atoms with Gasteiger partial charge in [-0.25, -0.2) is 4.79 Å². The Morgan fingerprint density at radius 1 is 1.33 bits per heavy atom. The van der Waals surface area contributed by atoms with E-state index in [1.54, 1.807) is 0 Å². The highest BCUT2D eigenvalue weighted by molar-refractivity contribution is 5.68. The summed E-state index contributed by atoms with van der Waals surface area (Å²) in [5.41, 5.74) is -0.338. The number of unbranched alkanes of at least 4 members (excludes halogenated alkanes) is 1. The van der Waals surface area contributed by atoms with Gasteiger partial charge in [0.15, 0.2) is 5.79 Å². The lowest BCUT2D eigenvalue weighted by molar-refractivity contribution is -0.271. The zero-order valence-electron chi connectivity index (χ0n) is 17.5. The summed E-state index contributed by atoms with van der Waals surface area (Å²) in [7, 11) is 0. The molecule has 2 heterocycles. The summed E-state index contributed by atoms with van der Waals surface area (Å²) in [6, 6.07) is 0. The predicted octanol–water partition coefficient (Wildman–Crippen LogP) is 3.06. The molecule has 0 bridgehead atoms. The molecule has 1 aromatic rings. The van der Waals surface area contributed by atoms with Gasteiger partial charge in [-0.15, -0.1) is 5.10 Å². The Balaban J connectivity index is 2.02. The van der Waals surface area contributed by atoms with Gasteiger partial charge in [-0.1, -0.05) is 18.6 Å². The van der Waals surface area contributed by atoms with Crippen LogP contribution in [0.3, 0.4) is 0 Å². The van der Waals surface area contributed by atoms with Crippen molar-refractivity contribution in [3.8, 4) is 0 Å². The summed E-state index contributed by atoms with van der Waals surface area (Å²) in [5, 5.41) is 11.4. The number of aromatic nitrogens is 3. The molecule has 1 saturated heterocycles. The van der Waals surface area contributed by atoms with Crippen molar-refractivity contribution in [2.45, 2.75) is 90.7 Å². The quantitative estimate of drug-likeness (QED) is 0.780. The smallest absolute Gasteiger partial charge is 0.408 e. The van der Waals surface area contributed by atoms with Crippen LogP contribution >= 0.6 is 0 Å². The van der Waals surface area contributed by atoms with Gasteiger partial charge in [0.05, 0.1) is 24.4 Å². The molecule has 8 heteroatoms. The van der Waals surface area contributed by atoms with Crippen LogP contribution in [0.25, 0.3) is 0 Å². The third-order valence-electron chi connectivity index (χ3n) is 4.34. The highest BCUT2D eigenvalue weighted by atomic mass is 16.7. The topological polar surface area (TPSA) is 87.5 Å². The predicted molar refractivity (Wildman–Crippen MR) is 101 cm³/mol. The maximum Gasteiger partial charge on any atom is 0.408 e. The summed E-state index contributed by atoms with van der Waals surface area (Å²) in [4.78, 5) is 12.4. The monoisotopic (exact) mass is 382 g/mol. The lowest BCUT2D eigenvalue weighted by atomic mass is 9.93. The van der Waals surface area contributed by atoms with Crippen molar-refractivity contribution in [1.82, 2.24) is 20.3 Å². The van der Waals surface area contributed by atoms with E-state index in [-0.39, 0.29) is 0 Å². The van der Waals surface area contributed by atoms with E-state index in [1.807, 2.05) is 45.5 Å². The molecule has 27 heavy (non-hydrogen) atoms. The third-order valence-corrected chi connectivity index (χ3v) is 4.34. The summed E-state index contributed by atoms with van der Waals surface area (Å²) >= 11 is 0. The van der Waals surface area contributed by atoms with Gasteiger partial charge in [0.2, 0.25) is 0 Å². The Morgan fingerprint density at radius 3 is 2.59 bits per heavy atom. The van der Waals surface area contributed by atoms with E-state index in [4.69, 9.17) is 14.2 Å². The van der Waals surface area contributed by atoms with Gasteiger partial charge in [-0.2, -0.15) is 0 Å². The van der Waals surface area contributed by atoms with Crippen LogP contribution in [-0.4, -0.2) is 51.2 Å². The number of alkyl carbamates (subject to hydrolysis) is 1. The molecule has 1 aromatic heterocycles. The lowest BCUT2D eigenvalue weighted by Gasteiger charge is -2.43. The Labute approximate surface area is 161 Å². The number of nitrogens with one attached hydrogen (secondary N) is 1. The number of amides is 1. The number of hydrogen-bond acceptors (Lipinski definition) is 6. The van der Waals surface area contributed by atoms with Crippen LogP contribution in [-0.2, 0) is 27.2 Å². The molecule has 1 fully saturated rings. The number of nitrogens with zero attached hydrogens (tertiary/aromatic N) is 3. The molecule has 8 nitrogen and oxygen atoms in total. The number of ether oxygens (including phenoxy) is 3. The Kier molecular flexibility index (Phi) is 6.86. The molecule has 1 aliphatic heterocycles. The van der Waals surface area contributed by atoms with Crippen molar-refractivity contribution < 1.29 is 19.0 Å². The maximum atomic E-state index is 12.4. The van der Waals surface area contributed by atoms with E-state index in [1.165, 1.54) is 0 Å². The minimum Gasteiger partial charge on any atom is -0.444 e. The standard InChI is InChI=1S/C19H34N4O4/c1-7-8-11-23-12-15(21-22-23)9-10-19(13-25-18(5,6)26-14-19)20-16(24)27-17(2,3)4/h12H,7-11,13-14H2,1-6H3,(H,20,24). The first kappa shape index (κ1) is 21.6. The van der Waals surface area contributed by atoms with E-state index < -0.39 is 23.0 Å². The Bertz CT molecular complexity index is 611. The normalized spacial score (nSPS) is 18.9. The molecule has 0 saturated carbocycles. The average molecular weight is 383 g/mol. The molecule has 0 spiro atoms. The fraction of sp³-hybridized carbons (Fsp3) is 0.842. The Hall–Kier alpha value is -1.67. The van der Waals surface area contributed by atoms with Crippen molar-refractivity contribution in [3.63, 3.8) is 0 Å². The fourth-order valence-corrected chi connectivity index (χ4v) is 2.76. The second-order valence-corrected chi connectivity index (χ2v) is 8.71. The molecule has 0 atom stereocenters. The number of rotatable bonds is 7. The molecular weight excluding hydrogens is 348 g/mol. The van der Waals surface area contributed by atoms with Crippen LogP contribution in [0.5, 0.6) is 0 Å². The summed E-state index contributed by atoms with van der Waals surface area (Å²) < 4.78 is 18.9. The zero-order chi connectivity index (χ0) is 20.1. The van der Waals surface area contributed by atoms with Crippen LogP contribution in [0.4, 0.5) is 4.79 Å². The first-order valence-electron chi connectivity index (χ1n) is 9.71. The molecule has 1 N–H and O–H groups in total. The van der Waals surface area contributed by atoms with Gasteiger partial charge < -0.3 is 19.5 Å². The molecule has 2 rings (SSSR count). The molecule has 1 aliphatic rings. The highest BCUT2D eigenvalue weighted by Crippen LogP contribution is 2.27. The van der Waals surface area contributed by atoms with Gasteiger partial charge in [-0.3, -0.25) is 4.68 Å². The molecular formula is C19H34N4O4. The SMILES string of the molecule is CCCCn1cc(CCC2(NC(=O)OC(C)(C)C)COC(C)(C)OC2)nn1. The second kappa shape index (κ2) is 8.56. The molecule has 1 amide bonds. The van der Waals surface area contributed by atoms with Crippen molar-refractivity contribution in [2.75, 3.05) is 13.2 Å². The molecule has 0 unspecified atom stereocenters. The van der Waals surface area contributed by atoms with E-state index in [2.05, 4.69) is 22.6 Å². The van der Waals surface area contributed by atoms with E-state index >= 15 is 0 Å². The van der Waals surface area contributed by atoms with Crippen LogP contribution < -0.4 is 5.32 Å². The molecule has 0 aliphatic carbocycles. The van der Waals surface area contributed by atoms with Crippen molar-refractivity contribution in [3.05, 3.63) is 11.9 Å². The number of aryl methyl sites for hydroxylation is 2. The van der Waals surface area contributed by atoms with E-state index in [9.17, 15) is 4.79 Å². The summed E-state index contributed by atoms with van der Waals surface area (Å²) in [6.45, 7) is 13.0. The van der Waals surface area contributed by atoms with Crippen LogP contribution in [0.2, 0.25) is 0 Å². The van der Waals surface area contributed by atoms with E-state index in [0.29, 0.717) is 26.1 Å². The molecule has 0 radical (unpaired) electrons. The van der Waals surface area contributed by atoms with Crippen molar-refractivity contribution >= 4 is 6.09 Å². The largest absolute Gasteiger partial charge is 0.444 e. The van der Waals surface area contributed by atoms with Crippen LogP contribution in [0.1, 0.15) is 66.5 Å². The lowest BCUT2D eigenvalue weighted by Crippen LogP contribution is -2.61. The molecule has 154 valence electrons. The number of carbonyl (C=O) groups excluding carboxylic acids is 1. The van der Waals surface area contributed by atoms with Gasteiger partial charge in [0, 0.05) is 12.7 Å². The summed E-state index contributed by atoms with van der Waals surface area (Å²) in [5.74, 6) is -0.664. The van der Waals surface area contributed by atoms with Gasteiger partial charge >= 0.3 is 6.09 Å². The molecule has 0 aromatic carbocycles. The third kappa shape index (κ3) is 7.10. The van der Waals surface area contributed by atoms with Gasteiger partial charge in [0.1, 0.15) is 5.60 Å². The van der Waals surface area contributed by atoms with Gasteiger partial charge in [-0.05, 0) is 53.9 Å². The van der Waals surface area contributed by atoms with Crippen LogP contribution in [0.15, 0.2) is 6.20 Å². The highest BCUT2D eigenvalue weighted by Gasteiger charge is 2.42. The Morgan fingerprint density at radius 2 is 2.00 bits per heavy atom. The van der Waals surface area contributed by atoms with Crippen molar-refractivity contribution in [1.29, 1.82) is 0 Å². The number of carbonyl (C=O) groups is 1. The first-order valence-corrected chi connectivity index (χ1v) is 9.71. The minimum absolute atomic E-state index is 0.350. The summed E-state index contributed by atoms with van der Waals surface area (Å²) in [6.07, 6.45) is 4.96. The van der Waals surface area contributed by atoms with E-state index in [0.717, 1.165) is 25.1 Å². The van der Waals surface area contributed by atoms with Gasteiger partial charge in [0.25, 0.3) is 0 Å². The fourth-order valence-electron chi connectivity index (χ4n) is 2.76. The maximum absolute atomic E-state index is 12.4. The minimum atomic E-state index is -0.664. The zero-order valence-corrected chi connectivity index (χ0v) is 17.5.